The largest absolute Gasteiger partial charge is 0.480 e. The van der Waals surface area contributed by atoms with Gasteiger partial charge < -0.3 is 75.5 Å². The number of amides is 9. The molecule has 1 heterocycles. The number of rotatable bonds is 28. The lowest BCUT2D eigenvalue weighted by atomic mass is 10.0. The first kappa shape index (κ1) is 55.9. The first-order valence-corrected chi connectivity index (χ1v) is 21.4. The number of aliphatic carboxylic acids is 1. The maximum absolute atomic E-state index is 13.8. The van der Waals surface area contributed by atoms with Crippen molar-refractivity contribution < 1.29 is 53.1 Å². The third-order valence-electron chi connectivity index (χ3n) is 10.2. The van der Waals surface area contributed by atoms with E-state index >= 15 is 0 Å². The van der Waals surface area contributed by atoms with E-state index in [0.717, 1.165) is 0 Å². The predicted molar refractivity (Wildman–Crippen MR) is 232 cm³/mol. The summed E-state index contributed by atoms with van der Waals surface area (Å²) in [5.41, 5.74) is 21.8. The molecule has 362 valence electrons. The van der Waals surface area contributed by atoms with Crippen molar-refractivity contribution in [2.45, 2.75) is 154 Å². The Labute approximate surface area is 372 Å². The molecule has 0 aromatic rings. The van der Waals surface area contributed by atoms with Crippen LogP contribution in [0.25, 0.3) is 0 Å². The summed E-state index contributed by atoms with van der Waals surface area (Å²) >= 11 is 0. The van der Waals surface area contributed by atoms with Crippen molar-refractivity contribution in [3.63, 3.8) is 0 Å². The molecule has 1 aliphatic rings. The molecule has 0 unspecified atom stereocenters. The molecule has 1 rings (SSSR count). The zero-order valence-electron chi connectivity index (χ0n) is 37.5. The van der Waals surface area contributed by atoms with Crippen LogP contribution in [0.4, 0.5) is 0 Å². The van der Waals surface area contributed by atoms with E-state index in [2.05, 4.69) is 42.5 Å². The van der Waals surface area contributed by atoms with Gasteiger partial charge in [0, 0.05) is 19.5 Å². The Morgan fingerprint density at radius 1 is 0.656 bits per heavy atom. The van der Waals surface area contributed by atoms with Crippen LogP contribution >= 0.6 is 0 Å². The summed E-state index contributed by atoms with van der Waals surface area (Å²) in [5.74, 6) is -8.73. The Morgan fingerprint density at radius 3 is 1.72 bits per heavy atom. The average Bonchev–Trinajstić information content (AvgIpc) is 3.71. The monoisotopic (exact) mass is 911 g/mol. The highest BCUT2D eigenvalue weighted by Crippen LogP contribution is 2.21. The molecule has 9 amide bonds. The number of nitrogens with two attached hydrogens (primary N) is 4. The number of nitrogens with zero attached hydrogens (tertiary/aromatic N) is 1. The number of carbonyl (C=O) groups is 10. The number of nitrogens with one attached hydrogen (secondary N) is 9. The Balaban J connectivity index is 3.06. The minimum Gasteiger partial charge on any atom is -0.480 e. The molecule has 0 aromatic carbocycles. The highest BCUT2D eigenvalue weighted by molar-refractivity contribution is 5.98. The summed E-state index contributed by atoms with van der Waals surface area (Å²) in [7, 11) is 0. The van der Waals surface area contributed by atoms with E-state index in [1.54, 1.807) is 13.8 Å². The standard InChI is InChI=1S/C39H70N14O11/c1-19(2)29(36(61)48-21(4)31(56)46-22(5)32(57)51-26(38(63)64)14-15-28(42)54)52-33(58)23(6)47-34(59)24(12-9-17-45-39(43)44)49-35(60)27-13-10-18-53(27)37(62)25(11-7-8-16-40)50-30(55)20(3)41/h19-27,29H,7-18,40-41H2,1-6H3,(H2,42,54)(H,46,56)(H,47,59)(H,48,61)(H,49,60)(H,50,55)(H,51,57)(H,52,58)(H,63,64)(H4,43,44,45)/t20-,21-,22-,23-,24-,25-,26-,27-,29-/m0/s1. The lowest BCUT2D eigenvalue weighted by Gasteiger charge is -2.30. The lowest BCUT2D eigenvalue weighted by molar-refractivity contribution is -0.142. The highest BCUT2D eigenvalue weighted by Gasteiger charge is 2.39. The van der Waals surface area contributed by atoms with Crippen molar-refractivity contribution in [3.8, 4) is 0 Å². The van der Waals surface area contributed by atoms with Crippen LogP contribution in [-0.2, 0) is 47.9 Å². The fourth-order valence-electron chi connectivity index (χ4n) is 6.43. The summed E-state index contributed by atoms with van der Waals surface area (Å²) < 4.78 is 0. The van der Waals surface area contributed by atoms with Crippen LogP contribution < -0.4 is 65.5 Å². The SMILES string of the molecule is CC(C)[C@H](NC(=O)[C@H](C)NC(=O)[C@H](CCCNC(=N)N)NC(=O)[C@@H]1CCCN1C(=O)[C@H](CCCCN)NC(=O)[C@H](C)N)C(=O)N[C@@H](C)C(=O)N[C@@H](C)C(=O)N[C@@H](CCC(N)=O)C(=O)O. The fourth-order valence-corrected chi connectivity index (χ4v) is 6.43. The first-order chi connectivity index (χ1) is 29.9. The van der Waals surface area contributed by atoms with Crippen LogP contribution in [0.1, 0.15) is 99.3 Å². The van der Waals surface area contributed by atoms with Gasteiger partial charge in [0.25, 0.3) is 0 Å². The number of carboxylic acids is 1. The van der Waals surface area contributed by atoms with Gasteiger partial charge in [-0.1, -0.05) is 13.8 Å². The van der Waals surface area contributed by atoms with Gasteiger partial charge in [-0.05, 0) is 91.5 Å². The Morgan fingerprint density at radius 2 is 1.19 bits per heavy atom. The molecule has 25 heteroatoms. The zero-order valence-corrected chi connectivity index (χ0v) is 37.5. The van der Waals surface area contributed by atoms with Crippen LogP contribution in [0.15, 0.2) is 0 Å². The second-order valence-electron chi connectivity index (χ2n) is 16.2. The molecule has 1 fully saturated rings. The van der Waals surface area contributed by atoms with Gasteiger partial charge in [-0.15, -0.1) is 0 Å². The Kier molecular flexibility index (Phi) is 24.3. The van der Waals surface area contributed by atoms with E-state index in [1.165, 1.54) is 32.6 Å². The number of carboxylic acid groups (broad SMARTS) is 1. The minimum absolute atomic E-state index is 0.0196. The summed E-state index contributed by atoms with van der Waals surface area (Å²) in [6.45, 7) is 9.42. The maximum Gasteiger partial charge on any atom is 0.326 e. The predicted octanol–water partition coefficient (Wildman–Crippen LogP) is -4.82. The lowest BCUT2D eigenvalue weighted by Crippen LogP contribution is -2.60. The molecular weight excluding hydrogens is 841 g/mol. The van der Waals surface area contributed by atoms with Crippen LogP contribution in [0.5, 0.6) is 0 Å². The number of hydrogen-bond acceptors (Lipinski definition) is 13. The summed E-state index contributed by atoms with van der Waals surface area (Å²) in [6, 6.07) is -10.5. The third kappa shape index (κ3) is 19.5. The molecule has 0 aliphatic carbocycles. The van der Waals surface area contributed by atoms with E-state index in [0.29, 0.717) is 25.8 Å². The number of unbranched alkanes of at least 4 members (excludes halogenated alkanes) is 1. The van der Waals surface area contributed by atoms with Crippen molar-refractivity contribution in [3.05, 3.63) is 0 Å². The molecule has 64 heavy (non-hydrogen) atoms. The van der Waals surface area contributed by atoms with Gasteiger partial charge in [0.2, 0.25) is 53.2 Å². The second-order valence-corrected chi connectivity index (χ2v) is 16.2. The molecule has 25 nitrogen and oxygen atoms in total. The number of likely N-dealkylation sites (tertiary alicyclic amines) is 1. The van der Waals surface area contributed by atoms with E-state index in [-0.39, 0.29) is 57.6 Å². The van der Waals surface area contributed by atoms with Crippen molar-refractivity contribution in [1.29, 1.82) is 5.41 Å². The summed E-state index contributed by atoms with van der Waals surface area (Å²) in [6.07, 6.45) is 1.82. The number of hydrogen-bond donors (Lipinski definition) is 14. The topological polar surface area (TPSA) is 418 Å². The van der Waals surface area contributed by atoms with Crippen molar-refractivity contribution in [2.24, 2.45) is 28.9 Å². The number of carbonyl (C=O) groups excluding carboxylic acids is 9. The van der Waals surface area contributed by atoms with Gasteiger partial charge in [0.1, 0.15) is 48.3 Å². The summed E-state index contributed by atoms with van der Waals surface area (Å²) in [4.78, 5) is 130. The molecule has 18 N–H and O–H groups in total. The van der Waals surface area contributed by atoms with Crippen LogP contribution in [0.3, 0.4) is 0 Å². The van der Waals surface area contributed by atoms with E-state index in [9.17, 15) is 53.1 Å². The van der Waals surface area contributed by atoms with Gasteiger partial charge in [0.05, 0.1) is 6.04 Å². The van der Waals surface area contributed by atoms with Crippen molar-refractivity contribution in [1.82, 2.24) is 47.4 Å². The summed E-state index contributed by atoms with van der Waals surface area (Å²) in [5, 5.41) is 36.9. The highest BCUT2D eigenvalue weighted by atomic mass is 16.4. The van der Waals surface area contributed by atoms with E-state index in [4.69, 9.17) is 28.3 Å². The fraction of sp³-hybridized carbons (Fsp3) is 0.718. The molecule has 1 aliphatic heterocycles. The Hall–Kier alpha value is -6.11. The van der Waals surface area contributed by atoms with Crippen LogP contribution in [0, 0.1) is 11.3 Å². The minimum atomic E-state index is -1.45. The molecule has 1 saturated heterocycles. The van der Waals surface area contributed by atoms with Crippen molar-refractivity contribution >= 4 is 65.1 Å². The molecule has 0 spiro atoms. The molecule has 0 bridgehead atoms. The van der Waals surface area contributed by atoms with Crippen LogP contribution in [0.2, 0.25) is 0 Å². The first-order valence-electron chi connectivity index (χ1n) is 21.4. The number of guanidine groups is 1. The molecular formula is C39H70N14O11. The van der Waals surface area contributed by atoms with Crippen LogP contribution in [-0.4, -0.2) is 149 Å². The van der Waals surface area contributed by atoms with E-state index in [1.807, 2.05) is 0 Å². The molecule has 9 atom stereocenters. The molecule has 0 radical (unpaired) electrons. The molecule has 0 saturated carbocycles. The smallest absolute Gasteiger partial charge is 0.326 e. The van der Waals surface area contributed by atoms with Gasteiger partial charge in [0.15, 0.2) is 5.96 Å². The quantitative estimate of drug-likeness (QED) is 0.0199. The van der Waals surface area contributed by atoms with Gasteiger partial charge in [-0.2, -0.15) is 0 Å². The molecule has 0 aromatic heterocycles. The third-order valence-corrected chi connectivity index (χ3v) is 10.2. The van der Waals surface area contributed by atoms with Crippen molar-refractivity contribution in [2.75, 3.05) is 19.6 Å². The average molecular weight is 911 g/mol. The normalized spacial score (nSPS) is 17.1. The van der Waals surface area contributed by atoms with Gasteiger partial charge in [-0.3, -0.25) is 48.6 Å². The van der Waals surface area contributed by atoms with Gasteiger partial charge in [-0.25, -0.2) is 4.79 Å². The second kappa shape index (κ2) is 27.8. The zero-order chi connectivity index (χ0) is 48.8. The number of primary amides is 1. The van der Waals surface area contributed by atoms with Gasteiger partial charge >= 0.3 is 5.97 Å². The Bertz CT molecular complexity index is 1680. The van der Waals surface area contributed by atoms with E-state index < -0.39 is 119 Å². The maximum atomic E-state index is 13.8.